The van der Waals surface area contributed by atoms with E-state index in [4.69, 9.17) is 17.0 Å². The normalized spacial score (nSPS) is 17.4. The molecule has 0 spiro atoms. The Morgan fingerprint density at radius 1 is 1.27 bits per heavy atom. The molecule has 15 heavy (non-hydrogen) atoms. The largest absolute Gasteiger partial charge is 0.462 e. The van der Waals surface area contributed by atoms with Crippen LogP contribution in [0.2, 0.25) is 0 Å². The van der Waals surface area contributed by atoms with Gasteiger partial charge in [0.25, 0.3) is 0 Å². The van der Waals surface area contributed by atoms with E-state index in [-0.39, 0.29) is 0 Å². The van der Waals surface area contributed by atoms with Gasteiger partial charge in [-0.25, -0.2) is 0 Å². The third-order valence-electron chi connectivity index (χ3n) is 1.61. The molecule has 0 saturated carbocycles. The number of thioether (sulfide) groups is 1. The van der Waals surface area contributed by atoms with Gasteiger partial charge in [0.15, 0.2) is 4.32 Å². The summed E-state index contributed by atoms with van der Waals surface area (Å²) >= 11 is 9.71. The van der Waals surface area contributed by atoms with Gasteiger partial charge in [-0.1, -0.05) is 28.1 Å². The van der Waals surface area contributed by atoms with Crippen molar-refractivity contribution in [3.63, 3.8) is 0 Å². The van der Waals surface area contributed by atoms with Gasteiger partial charge in [0, 0.05) is 4.47 Å². The Bertz CT molecular complexity index is 405. The minimum Gasteiger partial charge on any atom is -0.462 e. The van der Waals surface area contributed by atoms with Gasteiger partial charge in [-0.05, 0) is 36.0 Å². The van der Waals surface area contributed by atoms with Crippen LogP contribution in [0.15, 0.2) is 40.0 Å². The van der Waals surface area contributed by atoms with E-state index in [0.717, 1.165) is 15.3 Å². The van der Waals surface area contributed by atoms with Crippen molar-refractivity contribution in [3.8, 4) is 5.75 Å². The Hall–Kier alpha value is -0.720. The third-order valence-corrected chi connectivity index (χ3v) is 3.19. The first-order valence-electron chi connectivity index (χ1n) is 4.10. The van der Waals surface area contributed by atoms with Gasteiger partial charge >= 0.3 is 0 Å². The summed E-state index contributed by atoms with van der Waals surface area (Å²) in [4.78, 5) is 0. The molecular weight excluding hydrogens is 296 g/mol. The molecule has 0 unspecified atom stereocenters. The summed E-state index contributed by atoms with van der Waals surface area (Å²) in [6.07, 6.45) is 1.63. The van der Waals surface area contributed by atoms with Gasteiger partial charge in [-0.15, -0.1) is 0 Å². The molecular formula is C9H7BrN2OS2. The first-order chi connectivity index (χ1) is 7.24. The number of hydrogen-bond donors (Lipinski definition) is 2. The number of hydrogen-bond acceptors (Lipinski definition) is 4. The summed E-state index contributed by atoms with van der Waals surface area (Å²) < 4.78 is 7.15. The maximum atomic E-state index is 5.43. The number of benzene rings is 1. The van der Waals surface area contributed by atoms with Gasteiger partial charge in [0.05, 0.1) is 0 Å². The molecule has 78 valence electrons. The van der Waals surface area contributed by atoms with E-state index in [1.54, 1.807) is 6.26 Å². The van der Waals surface area contributed by atoms with Crippen LogP contribution in [0, 0.1) is 0 Å². The molecule has 3 nitrogen and oxygen atoms in total. The second-order valence-corrected chi connectivity index (χ2v) is 5.33. The maximum Gasteiger partial charge on any atom is 0.158 e. The lowest BCUT2D eigenvalue weighted by atomic mass is 10.3. The molecule has 2 N–H and O–H groups in total. The fraction of sp³-hybridized carbons (Fsp3) is 0. The summed E-state index contributed by atoms with van der Waals surface area (Å²) in [5.41, 5.74) is 5.69. The van der Waals surface area contributed by atoms with Gasteiger partial charge in [0.1, 0.15) is 17.0 Å². The average Bonchev–Trinajstić information content (AvgIpc) is 2.64. The average molecular weight is 303 g/mol. The first-order valence-corrected chi connectivity index (χ1v) is 6.12. The van der Waals surface area contributed by atoms with Crippen molar-refractivity contribution in [1.29, 1.82) is 0 Å². The number of rotatable bonds is 2. The number of halogens is 1. The van der Waals surface area contributed by atoms with Crippen LogP contribution in [0.4, 0.5) is 0 Å². The summed E-state index contributed by atoms with van der Waals surface area (Å²) in [5.74, 6) is 0.783. The molecule has 1 aliphatic rings. The highest BCUT2D eigenvalue weighted by molar-refractivity contribution is 9.10. The SMILES string of the molecule is S=C1NNC(=COc2ccc(Br)cc2)S1. The second kappa shape index (κ2) is 4.87. The molecule has 0 radical (unpaired) electrons. The topological polar surface area (TPSA) is 33.3 Å². The van der Waals surface area contributed by atoms with Crippen LogP contribution in [0.1, 0.15) is 0 Å². The van der Waals surface area contributed by atoms with Crippen molar-refractivity contribution < 1.29 is 4.74 Å². The van der Waals surface area contributed by atoms with Gasteiger partial charge < -0.3 is 4.74 Å². The molecule has 1 aliphatic heterocycles. The van der Waals surface area contributed by atoms with Gasteiger partial charge in [-0.3, -0.25) is 10.9 Å². The summed E-state index contributed by atoms with van der Waals surface area (Å²) in [6, 6.07) is 7.61. The third kappa shape index (κ3) is 3.12. The fourth-order valence-corrected chi connectivity index (χ4v) is 2.04. The zero-order valence-electron chi connectivity index (χ0n) is 7.49. The maximum absolute atomic E-state index is 5.43. The second-order valence-electron chi connectivity index (χ2n) is 2.69. The van der Waals surface area contributed by atoms with Crippen LogP contribution in [-0.4, -0.2) is 4.32 Å². The molecule has 1 aromatic rings. The molecule has 1 aromatic carbocycles. The molecule has 0 amide bonds. The van der Waals surface area contributed by atoms with Crippen molar-refractivity contribution in [3.05, 3.63) is 40.0 Å². The minimum absolute atomic E-state index is 0.695. The Morgan fingerprint density at radius 3 is 2.60 bits per heavy atom. The van der Waals surface area contributed by atoms with Crippen molar-refractivity contribution >= 4 is 44.2 Å². The molecule has 0 bridgehead atoms. The number of thiocarbonyl (C=S) groups is 1. The molecule has 0 atom stereocenters. The van der Waals surface area contributed by atoms with E-state index in [1.165, 1.54) is 11.8 Å². The molecule has 1 fully saturated rings. The standard InChI is InChI=1S/C9H7BrN2OS2/c10-6-1-3-7(4-2-6)13-5-8-11-12-9(14)15-8/h1-5,11H,(H,12,14). The Balaban J connectivity index is 1.98. The van der Waals surface area contributed by atoms with Crippen LogP contribution in [-0.2, 0) is 0 Å². The monoisotopic (exact) mass is 302 g/mol. The van der Waals surface area contributed by atoms with E-state index in [9.17, 15) is 0 Å². The van der Waals surface area contributed by atoms with E-state index < -0.39 is 0 Å². The Morgan fingerprint density at radius 2 is 2.00 bits per heavy atom. The van der Waals surface area contributed by atoms with Crippen LogP contribution in [0.3, 0.4) is 0 Å². The van der Waals surface area contributed by atoms with Crippen molar-refractivity contribution in [1.82, 2.24) is 10.9 Å². The summed E-state index contributed by atoms with van der Waals surface area (Å²) in [5, 5.41) is 0.850. The Kier molecular flexibility index (Phi) is 3.50. The highest BCUT2D eigenvalue weighted by atomic mass is 79.9. The molecule has 0 aliphatic carbocycles. The van der Waals surface area contributed by atoms with E-state index in [1.807, 2.05) is 24.3 Å². The minimum atomic E-state index is 0.695. The van der Waals surface area contributed by atoms with Crippen LogP contribution >= 0.6 is 39.9 Å². The van der Waals surface area contributed by atoms with Gasteiger partial charge in [-0.2, -0.15) is 0 Å². The van der Waals surface area contributed by atoms with Crippen molar-refractivity contribution in [2.75, 3.05) is 0 Å². The van der Waals surface area contributed by atoms with Crippen LogP contribution in [0.5, 0.6) is 5.75 Å². The predicted octanol–water partition coefficient (Wildman–Crippen LogP) is 2.75. The quantitative estimate of drug-likeness (QED) is 0.648. The summed E-state index contributed by atoms with van der Waals surface area (Å²) in [6.45, 7) is 0. The lowest BCUT2D eigenvalue weighted by molar-refractivity contribution is 0.474. The highest BCUT2D eigenvalue weighted by Gasteiger charge is 2.11. The smallest absolute Gasteiger partial charge is 0.158 e. The van der Waals surface area contributed by atoms with Crippen LogP contribution in [0.25, 0.3) is 0 Å². The van der Waals surface area contributed by atoms with E-state index in [2.05, 4.69) is 26.8 Å². The number of hydrazine groups is 1. The predicted molar refractivity (Wildman–Crippen MR) is 69.3 cm³/mol. The van der Waals surface area contributed by atoms with Gasteiger partial charge in [0.2, 0.25) is 0 Å². The Labute approximate surface area is 105 Å². The highest BCUT2D eigenvalue weighted by Crippen LogP contribution is 2.20. The number of nitrogens with one attached hydrogen (secondary N) is 2. The molecule has 2 rings (SSSR count). The zero-order chi connectivity index (χ0) is 10.7. The molecule has 1 saturated heterocycles. The zero-order valence-corrected chi connectivity index (χ0v) is 10.7. The summed E-state index contributed by atoms with van der Waals surface area (Å²) in [7, 11) is 0. The number of ether oxygens (including phenoxy) is 1. The van der Waals surface area contributed by atoms with E-state index >= 15 is 0 Å². The van der Waals surface area contributed by atoms with E-state index in [0.29, 0.717) is 4.32 Å². The van der Waals surface area contributed by atoms with Crippen molar-refractivity contribution in [2.45, 2.75) is 0 Å². The van der Waals surface area contributed by atoms with Crippen LogP contribution < -0.4 is 15.6 Å². The fourth-order valence-electron chi connectivity index (χ4n) is 0.952. The molecule has 1 heterocycles. The lowest BCUT2D eigenvalue weighted by Gasteiger charge is -2.01. The molecule has 0 aromatic heterocycles. The molecule has 6 heteroatoms. The van der Waals surface area contributed by atoms with Crippen molar-refractivity contribution in [2.24, 2.45) is 0 Å². The first kappa shape index (κ1) is 10.8. The lowest BCUT2D eigenvalue weighted by Crippen LogP contribution is -2.23.